The van der Waals surface area contributed by atoms with Gasteiger partial charge in [0.05, 0.1) is 10.2 Å². The summed E-state index contributed by atoms with van der Waals surface area (Å²) in [4.78, 5) is 16.1. The number of carbonyl (C=O) groups excluding carboxylic acids is 1. The van der Waals surface area contributed by atoms with Crippen LogP contribution in [0.3, 0.4) is 0 Å². The number of fused-ring (bicyclic) bond motifs is 1. The van der Waals surface area contributed by atoms with Gasteiger partial charge in [0.1, 0.15) is 6.04 Å². The summed E-state index contributed by atoms with van der Waals surface area (Å²) < 4.78 is 1.14. The normalized spacial score (nSPS) is 12.4. The summed E-state index contributed by atoms with van der Waals surface area (Å²) in [6, 6.07) is 5.88. The summed E-state index contributed by atoms with van der Waals surface area (Å²) in [7, 11) is 0. The van der Waals surface area contributed by atoms with Gasteiger partial charge in [-0.3, -0.25) is 4.79 Å². The molecule has 0 radical (unpaired) electrons. The van der Waals surface area contributed by atoms with Crippen molar-refractivity contribution < 1.29 is 4.79 Å². The lowest BCUT2D eigenvalue weighted by atomic mass is 10.2. The van der Waals surface area contributed by atoms with Gasteiger partial charge < -0.3 is 10.6 Å². The number of benzene rings is 1. The first-order chi connectivity index (χ1) is 8.60. The van der Waals surface area contributed by atoms with Crippen LogP contribution >= 0.6 is 11.3 Å². The van der Waals surface area contributed by atoms with Crippen LogP contribution in [0.5, 0.6) is 0 Å². The summed E-state index contributed by atoms with van der Waals surface area (Å²) in [6.45, 7) is 6.45. The quantitative estimate of drug-likeness (QED) is 0.891. The van der Waals surface area contributed by atoms with Crippen LogP contribution in [0.2, 0.25) is 0 Å². The van der Waals surface area contributed by atoms with Crippen molar-refractivity contribution in [1.29, 1.82) is 0 Å². The van der Waals surface area contributed by atoms with Crippen LogP contribution in [0, 0.1) is 6.92 Å². The summed E-state index contributed by atoms with van der Waals surface area (Å²) in [5.74, 6) is -0.00654. The maximum atomic E-state index is 11.6. The molecule has 0 aliphatic carbocycles. The van der Waals surface area contributed by atoms with E-state index < -0.39 is 0 Å². The molecular weight excluding hydrogens is 246 g/mol. The lowest BCUT2D eigenvalue weighted by Gasteiger charge is -2.11. The lowest BCUT2D eigenvalue weighted by Crippen LogP contribution is -2.37. The molecule has 2 aromatic rings. The van der Waals surface area contributed by atoms with Gasteiger partial charge >= 0.3 is 0 Å². The predicted octanol–water partition coefficient (Wildman–Crippen LogP) is 2.54. The number of nitrogens with zero attached hydrogens (tertiary/aromatic N) is 1. The molecule has 1 atom stereocenters. The van der Waals surface area contributed by atoms with Crippen molar-refractivity contribution in [2.24, 2.45) is 0 Å². The summed E-state index contributed by atoms with van der Waals surface area (Å²) in [6.07, 6.45) is 0. The smallest absolute Gasteiger partial charge is 0.242 e. The molecule has 18 heavy (non-hydrogen) atoms. The minimum Gasteiger partial charge on any atom is -0.355 e. The van der Waals surface area contributed by atoms with Crippen LogP contribution in [0.15, 0.2) is 18.2 Å². The zero-order valence-electron chi connectivity index (χ0n) is 10.8. The molecule has 1 aromatic carbocycles. The molecule has 1 heterocycles. The van der Waals surface area contributed by atoms with E-state index in [2.05, 4.69) is 28.6 Å². The second kappa shape index (κ2) is 5.35. The fraction of sp³-hybridized carbons (Fsp3) is 0.385. The molecule has 0 fully saturated rings. The van der Waals surface area contributed by atoms with Crippen LogP contribution in [0.25, 0.3) is 10.2 Å². The van der Waals surface area contributed by atoms with Crippen molar-refractivity contribution in [3.63, 3.8) is 0 Å². The number of hydrogen-bond acceptors (Lipinski definition) is 4. The Labute approximate surface area is 110 Å². The molecule has 0 saturated carbocycles. The first-order valence-electron chi connectivity index (χ1n) is 6.01. The molecule has 0 spiro atoms. The molecule has 0 aliphatic rings. The van der Waals surface area contributed by atoms with Crippen molar-refractivity contribution in [3.05, 3.63) is 23.8 Å². The molecule has 0 saturated heterocycles. The molecule has 5 heteroatoms. The highest BCUT2D eigenvalue weighted by molar-refractivity contribution is 7.22. The van der Waals surface area contributed by atoms with Gasteiger partial charge in [0.2, 0.25) is 5.91 Å². The Morgan fingerprint density at radius 1 is 1.50 bits per heavy atom. The maximum absolute atomic E-state index is 11.6. The van der Waals surface area contributed by atoms with E-state index in [-0.39, 0.29) is 11.9 Å². The third-order valence-electron chi connectivity index (χ3n) is 2.63. The first kappa shape index (κ1) is 12.8. The zero-order chi connectivity index (χ0) is 13.1. The highest BCUT2D eigenvalue weighted by atomic mass is 32.1. The van der Waals surface area contributed by atoms with E-state index in [1.165, 1.54) is 5.56 Å². The number of nitrogens with one attached hydrogen (secondary N) is 2. The number of carbonyl (C=O) groups is 1. The highest BCUT2D eigenvalue weighted by Crippen LogP contribution is 2.26. The number of anilines is 1. The highest BCUT2D eigenvalue weighted by Gasteiger charge is 2.13. The third kappa shape index (κ3) is 2.79. The number of thiazole rings is 1. The Hall–Kier alpha value is -1.62. The molecular formula is C13H17N3OS. The van der Waals surface area contributed by atoms with E-state index in [1.807, 2.05) is 26.0 Å². The number of aryl methyl sites for hydroxylation is 1. The van der Waals surface area contributed by atoms with E-state index in [9.17, 15) is 4.79 Å². The Morgan fingerprint density at radius 3 is 3.00 bits per heavy atom. The average molecular weight is 263 g/mol. The van der Waals surface area contributed by atoms with Crippen molar-refractivity contribution in [2.75, 3.05) is 11.9 Å². The van der Waals surface area contributed by atoms with Crippen LogP contribution in [0.1, 0.15) is 19.4 Å². The fourth-order valence-electron chi connectivity index (χ4n) is 1.67. The molecule has 2 N–H and O–H groups in total. The van der Waals surface area contributed by atoms with Crippen LogP contribution in [-0.4, -0.2) is 23.5 Å². The first-order valence-corrected chi connectivity index (χ1v) is 6.83. The molecule has 96 valence electrons. The van der Waals surface area contributed by atoms with Crippen LogP contribution in [0.4, 0.5) is 5.13 Å². The Kier molecular flexibility index (Phi) is 3.81. The molecule has 4 nitrogen and oxygen atoms in total. The van der Waals surface area contributed by atoms with E-state index in [1.54, 1.807) is 11.3 Å². The molecule has 1 aromatic heterocycles. The number of amides is 1. The molecule has 1 unspecified atom stereocenters. The number of rotatable bonds is 4. The largest absolute Gasteiger partial charge is 0.355 e. The van der Waals surface area contributed by atoms with Crippen LogP contribution < -0.4 is 10.6 Å². The second-order valence-corrected chi connectivity index (χ2v) is 5.28. The SMILES string of the molecule is CCNC(=O)C(C)Nc1nc2ccc(C)cc2s1. The van der Waals surface area contributed by atoms with Crippen molar-refractivity contribution in [2.45, 2.75) is 26.8 Å². The average Bonchev–Trinajstić information content (AvgIpc) is 2.70. The topological polar surface area (TPSA) is 54.0 Å². The molecule has 2 rings (SSSR count). The standard InChI is InChI=1S/C13H17N3OS/c1-4-14-12(17)9(3)15-13-16-10-6-5-8(2)7-11(10)18-13/h5-7,9H,4H2,1-3H3,(H,14,17)(H,15,16). The van der Waals surface area contributed by atoms with Crippen molar-refractivity contribution in [3.8, 4) is 0 Å². The van der Waals surface area contributed by atoms with Crippen LogP contribution in [-0.2, 0) is 4.79 Å². The Bertz CT molecular complexity index is 564. The summed E-state index contributed by atoms with van der Waals surface area (Å²) in [5, 5.41) is 6.70. The fourth-order valence-corrected chi connectivity index (χ4v) is 2.72. The molecule has 0 aliphatic heterocycles. The van der Waals surface area contributed by atoms with Crippen molar-refractivity contribution in [1.82, 2.24) is 10.3 Å². The number of aromatic nitrogens is 1. The minimum absolute atomic E-state index is 0.00654. The van der Waals surface area contributed by atoms with E-state index in [0.717, 1.165) is 15.3 Å². The lowest BCUT2D eigenvalue weighted by molar-refractivity contribution is -0.121. The van der Waals surface area contributed by atoms with Gasteiger partial charge in [-0.15, -0.1) is 0 Å². The maximum Gasteiger partial charge on any atom is 0.242 e. The predicted molar refractivity (Wildman–Crippen MR) is 76.1 cm³/mol. The zero-order valence-corrected chi connectivity index (χ0v) is 11.6. The van der Waals surface area contributed by atoms with Gasteiger partial charge in [-0.05, 0) is 38.5 Å². The number of hydrogen-bond donors (Lipinski definition) is 2. The van der Waals surface area contributed by atoms with Crippen molar-refractivity contribution >= 4 is 32.6 Å². The van der Waals surface area contributed by atoms with Gasteiger partial charge in [-0.2, -0.15) is 0 Å². The Balaban J connectivity index is 2.14. The molecule has 1 amide bonds. The summed E-state index contributed by atoms with van der Waals surface area (Å²) >= 11 is 1.57. The van der Waals surface area contributed by atoms with Gasteiger partial charge in [0, 0.05) is 6.54 Å². The Morgan fingerprint density at radius 2 is 2.28 bits per heavy atom. The summed E-state index contributed by atoms with van der Waals surface area (Å²) in [5.41, 5.74) is 2.19. The monoisotopic (exact) mass is 263 g/mol. The van der Waals surface area contributed by atoms with Gasteiger partial charge in [0.15, 0.2) is 5.13 Å². The van der Waals surface area contributed by atoms with Gasteiger partial charge in [-0.25, -0.2) is 4.98 Å². The van der Waals surface area contributed by atoms with E-state index in [0.29, 0.717) is 6.54 Å². The van der Waals surface area contributed by atoms with E-state index >= 15 is 0 Å². The van der Waals surface area contributed by atoms with Gasteiger partial charge in [0.25, 0.3) is 0 Å². The second-order valence-electron chi connectivity index (χ2n) is 4.25. The molecule has 0 bridgehead atoms. The number of likely N-dealkylation sites (N-methyl/N-ethyl adjacent to an activating group) is 1. The third-order valence-corrected chi connectivity index (χ3v) is 3.58. The minimum atomic E-state index is -0.272. The van der Waals surface area contributed by atoms with E-state index in [4.69, 9.17) is 0 Å². The van der Waals surface area contributed by atoms with Gasteiger partial charge in [-0.1, -0.05) is 17.4 Å².